The van der Waals surface area contributed by atoms with Crippen LogP contribution in [0, 0.1) is 0 Å². The number of imide groups is 1. The second kappa shape index (κ2) is 7.83. The predicted octanol–water partition coefficient (Wildman–Crippen LogP) is 3.99. The Morgan fingerprint density at radius 3 is 2.35 bits per heavy atom. The summed E-state index contributed by atoms with van der Waals surface area (Å²) in [5.74, 6) is -0.555. The minimum atomic E-state index is -0.506. The average molecular weight is 391 g/mol. The monoisotopic (exact) mass is 390 g/mol. The Bertz CT molecular complexity index is 630. The minimum Gasteiger partial charge on any atom is -0.358 e. The van der Waals surface area contributed by atoms with Gasteiger partial charge in [0.05, 0.1) is 5.69 Å². The number of thioether (sulfide) groups is 1. The summed E-state index contributed by atoms with van der Waals surface area (Å²) in [4.78, 5) is 28.0. The van der Waals surface area contributed by atoms with Gasteiger partial charge in [-0.2, -0.15) is 0 Å². The third-order valence-electron chi connectivity index (χ3n) is 3.48. The van der Waals surface area contributed by atoms with E-state index in [-0.39, 0.29) is 18.2 Å². The van der Waals surface area contributed by atoms with Gasteiger partial charge in [0, 0.05) is 29.6 Å². The van der Waals surface area contributed by atoms with Crippen LogP contribution in [-0.2, 0) is 9.59 Å². The number of hydrogen-bond acceptors (Lipinski definition) is 4. The molecule has 0 aliphatic carbocycles. The number of halogens is 2. The Morgan fingerprint density at radius 2 is 1.83 bits per heavy atom. The summed E-state index contributed by atoms with van der Waals surface area (Å²) in [7, 11) is 0. The van der Waals surface area contributed by atoms with Crippen molar-refractivity contribution in [2.24, 2.45) is 0 Å². The van der Waals surface area contributed by atoms with Crippen molar-refractivity contribution in [3.05, 3.63) is 28.2 Å². The van der Waals surface area contributed by atoms with Crippen LogP contribution in [-0.4, -0.2) is 39.4 Å². The van der Waals surface area contributed by atoms with Crippen molar-refractivity contribution >= 4 is 69.0 Å². The molecule has 124 valence electrons. The second-order valence-electron chi connectivity index (χ2n) is 4.94. The van der Waals surface area contributed by atoms with Gasteiger partial charge in [-0.3, -0.25) is 9.59 Å². The maximum absolute atomic E-state index is 12.6. The van der Waals surface area contributed by atoms with E-state index < -0.39 is 5.25 Å². The fourth-order valence-electron chi connectivity index (χ4n) is 2.31. The Kier molecular flexibility index (Phi) is 6.31. The van der Waals surface area contributed by atoms with Crippen molar-refractivity contribution in [2.45, 2.75) is 25.5 Å². The predicted molar refractivity (Wildman–Crippen MR) is 100 cm³/mol. The van der Waals surface area contributed by atoms with Crippen LogP contribution in [0.15, 0.2) is 18.2 Å². The lowest BCUT2D eigenvalue weighted by Crippen LogP contribution is -2.33. The van der Waals surface area contributed by atoms with E-state index in [0.29, 0.717) is 20.1 Å². The molecule has 0 N–H and O–H groups in total. The van der Waals surface area contributed by atoms with E-state index in [4.69, 9.17) is 35.4 Å². The van der Waals surface area contributed by atoms with E-state index in [2.05, 4.69) is 0 Å². The first-order valence-corrected chi connectivity index (χ1v) is 9.20. The third kappa shape index (κ3) is 4.18. The SMILES string of the molecule is CCN(CC)C(=S)S[C@H]1CC(=O)N(c2cc(Cl)cc(Cl)c2)C1=O. The molecule has 0 spiro atoms. The molecule has 23 heavy (non-hydrogen) atoms. The molecule has 8 heteroatoms. The molecule has 2 rings (SSSR count). The molecule has 0 unspecified atom stereocenters. The second-order valence-corrected chi connectivity index (χ2v) is 7.65. The average Bonchev–Trinajstić information content (AvgIpc) is 2.73. The molecule has 2 amide bonds. The highest BCUT2D eigenvalue weighted by Gasteiger charge is 2.41. The van der Waals surface area contributed by atoms with Crippen LogP contribution in [0.25, 0.3) is 0 Å². The summed E-state index contributed by atoms with van der Waals surface area (Å²) in [6.07, 6.45) is 0.120. The van der Waals surface area contributed by atoms with Crippen molar-refractivity contribution in [3.8, 4) is 0 Å². The van der Waals surface area contributed by atoms with E-state index >= 15 is 0 Å². The highest BCUT2D eigenvalue weighted by atomic mass is 35.5. The number of anilines is 1. The summed E-state index contributed by atoms with van der Waals surface area (Å²) in [6.45, 7) is 5.53. The van der Waals surface area contributed by atoms with Crippen molar-refractivity contribution < 1.29 is 9.59 Å². The molecule has 1 saturated heterocycles. The molecular formula is C15H16Cl2N2O2S2. The van der Waals surface area contributed by atoms with Gasteiger partial charge in [0.15, 0.2) is 0 Å². The van der Waals surface area contributed by atoms with Crippen molar-refractivity contribution in [1.29, 1.82) is 0 Å². The van der Waals surface area contributed by atoms with Gasteiger partial charge >= 0.3 is 0 Å². The van der Waals surface area contributed by atoms with Gasteiger partial charge in [-0.1, -0.05) is 47.2 Å². The van der Waals surface area contributed by atoms with Gasteiger partial charge in [-0.15, -0.1) is 0 Å². The number of carbonyl (C=O) groups excluding carboxylic acids is 2. The van der Waals surface area contributed by atoms with Crippen LogP contribution in [0.2, 0.25) is 10.0 Å². The molecule has 1 aliphatic heterocycles. The molecule has 0 saturated carbocycles. The molecule has 0 bridgehead atoms. The molecule has 0 radical (unpaired) electrons. The standard InChI is InChI=1S/C15H16Cl2N2O2S2/c1-3-18(4-2)15(22)23-12-8-13(20)19(14(12)21)11-6-9(16)5-10(17)7-11/h5-7,12H,3-4,8H2,1-2H3/t12-/m0/s1. The molecule has 4 nitrogen and oxygen atoms in total. The van der Waals surface area contributed by atoms with Crippen LogP contribution in [0.1, 0.15) is 20.3 Å². The summed E-state index contributed by atoms with van der Waals surface area (Å²) in [5.41, 5.74) is 0.398. The number of thiocarbonyl (C=S) groups is 1. The third-order valence-corrected chi connectivity index (χ3v) is 5.57. The highest BCUT2D eigenvalue weighted by molar-refractivity contribution is 8.23. The lowest BCUT2D eigenvalue weighted by molar-refractivity contribution is -0.121. The molecule has 1 aliphatic rings. The fraction of sp³-hybridized carbons (Fsp3) is 0.400. The first kappa shape index (κ1) is 18.5. The lowest BCUT2D eigenvalue weighted by atomic mass is 10.3. The van der Waals surface area contributed by atoms with Crippen molar-refractivity contribution in [3.63, 3.8) is 0 Å². The van der Waals surface area contributed by atoms with Gasteiger partial charge in [0.2, 0.25) is 11.8 Å². The fourth-order valence-corrected chi connectivity index (χ4v) is 4.52. The van der Waals surface area contributed by atoms with Crippen molar-refractivity contribution in [1.82, 2.24) is 4.90 Å². The van der Waals surface area contributed by atoms with E-state index in [9.17, 15) is 9.59 Å². The van der Waals surface area contributed by atoms with Crippen LogP contribution < -0.4 is 4.90 Å². The zero-order valence-corrected chi connectivity index (χ0v) is 15.9. The number of benzene rings is 1. The molecule has 1 atom stereocenters. The smallest absolute Gasteiger partial charge is 0.247 e. The number of carbonyl (C=O) groups is 2. The minimum absolute atomic E-state index is 0.120. The Balaban J connectivity index is 2.18. The van der Waals surface area contributed by atoms with Crippen LogP contribution in [0.4, 0.5) is 5.69 Å². The normalized spacial score (nSPS) is 17.7. The molecular weight excluding hydrogens is 375 g/mol. The molecule has 1 heterocycles. The van der Waals surface area contributed by atoms with Crippen LogP contribution in [0.5, 0.6) is 0 Å². The summed E-state index contributed by atoms with van der Waals surface area (Å²) < 4.78 is 0.632. The molecule has 1 aromatic rings. The molecule has 1 aromatic carbocycles. The van der Waals surface area contributed by atoms with Gasteiger partial charge in [0.25, 0.3) is 0 Å². The van der Waals surface area contributed by atoms with E-state index in [1.807, 2.05) is 18.7 Å². The molecule has 0 aromatic heterocycles. The van der Waals surface area contributed by atoms with Gasteiger partial charge < -0.3 is 4.90 Å². The highest BCUT2D eigenvalue weighted by Crippen LogP contribution is 2.33. The van der Waals surface area contributed by atoms with Gasteiger partial charge in [0.1, 0.15) is 9.57 Å². The summed E-state index contributed by atoms with van der Waals surface area (Å²) in [5, 5.41) is 0.249. The van der Waals surface area contributed by atoms with E-state index in [0.717, 1.165) is 18.0 Å². The lowest BCUT2D eigenvalue weighted by Gasteiger charge is -2.22. The summed E-state index contributed by atoms with van der Waals surface area (Å²) >= 11 is 18.5. The summed E-state index contributed by atoms with van der Waals surface area (Å²) in [6, 6.07) is 4.66. The first-order valence-electron chi connectivity index (χ1n) is 7.15. The van der Waals surface area contributed by atoms with Crippen molar-refractivity contribution in [2.75, 3.05) is 18.0 Å². The number of amides is 2. The Morgan fingerprint density at radius 1 is 1.26 bits per heavy atom. The quantitative estimate of drug-likeness (QED) is 0.574. The number of hydrogen-bond donors (Lipinski definition) is 0. The number of nitrogens with zero attached hydrogens (tertiary/aromatic N) is 2. The van der Waals surface area contributed by atoms with Gasteiger partial charge in [-0.05, 0) is 32.0 Å². The van der Waals surface area contributed by atoms with E-state index in [1.165, 1.54) is 11.8 Å². The largest absolute Gasteiger partial charge is 0.358 e. The van der Waals surface area contributed by atoms with Crippen LogP contribution in [0.3, 0.4) is 0 Å². The maximum atomic E-state index is 12.6. The maximum Gasteiger partial charge on any atom is 0.247 e. The van der Waals surface area contributed by atoms with Gasteiger partial charge in [-0.25, -0.2) is 4.90 Å². The topological polar surface area (TPSA) is 40.6 Å². The van der Waals surface area contributed by atoms with E-state index in [1.54, 1.807) is 18.2 Å². The zero-order valence-electron chi connectivity index (χ0n) is 12.7. The molecule has 1 fully saturated rings. The Hall–Kier alpha value is -0.820. The number of rotatable bonds is 4. The van der Waals surface area contributed by atoms with Crippen LogP contribution >= 0.6 is 47.2 Å². The first-order chi connectivity index (χ1) is 10.9. The zero-order chi connectivity index (χ0) is 17.1. The Labute approximate surface area is 155 Å².